The van der Waals surface area contributed by atoms with Crippen LogP contribution >= 0.6 is 0 Å². The summed E-state index contributed by atoms with van der Waals surface area (Å²) in [4.78, 5) is 37.2. The van der Waals surface area contributed by atoms with Gasteiger partial charge in [0, 0.05) is 17.8 Å². The van der Waals surface area contributed by atoms with Crippen molar-refractivity contribution in [1.82, 2.24) is 4.98 Å². The van der Waals surface area contributed by atoms with Crippen molar-refractivity contribution in [3.05, 3.63) is 62.5 Å². The molecule has 0 fully saturated rings. The van der Waals surface area contributed by atoms with Crippen LogP contribution in [0.15, 0.2) is 24.3 Å². The monoisotopic (exact) mass is 346 g/mol. The number of aromatic nitrogens is 1. The third-order valence-electron chi connectivity index (χ3n) is 3.64. The summed E-state index contributed by atoms with van der Waals surface area (Å²) in [5.74, 6) is -1.11. The number of esters is 2. The highest BCUT2D eigenvalue weighted by Gasteiger charge is 2.23. The molecule has 0 amide bonds. The fourth-order valence-electron chi connectivity index (χ4n) is 2.40. The molecule has 1 N–H and O–H groups in total. The molecule has 0 radical (unpaired) electrons. The molecule has 132 valence electrons. The number of nitrogens with one attached hydrogen (secondary N) is 1. The first-order chi connectivity index (χ1) is 11.8. The maximum absolute atomic E-state index is 12.3. The van der Waals surface area contributed by atoms with Crippen LogP contribution in [-0.2, 0) is 16.1 Å². The normalized spacial score (nSPS) is 10.4. The average Bonchev–Trinajstić information content (AvgIpc) is 2.88. The molecule has 2 aromatic rings. The van der Waals surface area contributed by atoms with Gasteiger partial charge >= 0.3 is 11.9 Å². The second-order valence-electron chi connectivity index (χ2n) is 5.35. The first-order valence-electron chi connectivity index (χ1n) is 7.61. The van der Waals surface area contributed by atoms with E-state index in [4.69, 9.17) is 9.47 Å². The molecule has 0 aliphatic carbocycles. The summed E-state index contributed by atoms with van der Waals surface area (Å²) in [6.07, 6.45) is 0. The van der Waals surface area contributed by atoms with E-state index in [0.717, 1.165) is 0 Å². The van der Waals surface area contributed by atoms with Crippen molar-refractivity contribution in [1.29, 1.82) is 0 Å². The largest absolute Gasteiger partial charge is 0.461 e. The van der Waals surface area contributed by atoms with E-state index >= 15 is 0 Å². The molecule has 0 unspecified atom stereocenters. The van der Waals surface area contributed by atoms with Crippen molar-refractivity contribution in [3.63, 3.8) is 0 Å². The van der Waals surface area contributed by atoms with Crippen molar-refractivity contribution in [2.45, 2.75) is 27.4 Å². The lowest BCUT2D eigenvalue weighted by Gasteiger charge is -2.06. The van der Waals surface area contributed by atoms with Gasteiger partial charge < -0.3 is 14.5 Å². The van der Waals surface area contributed by atoms with Gasteiger partial charge in [0.15, 0.2) is 0 Å². The van der Waals surface area contributed by atoms with Crippen LogP contribution in [0.4, 0.5) is 5.69 Å². The topological polar surface area (TPSA) is 112 Å². The van der Waals surface area contributed by atoms with Gasteiger partial charge in [0.2, 0.25) is 0 Å². The molecule has 0 saturated carbocycles. The Morgan fingerprint density at radius 1 is 1.12 bits per heavy atom. The standard InChI is InChI=1S/C17H18N2O6/c1-4-24-17(21)15-10(2)14(11(3)18-15)16(20)25-9-12-5-7-13(8-6-12)19(22)23/h5-8,18H,4,9H2,1-3H3. The zero-order valence-electron chi connectivity index (χ0n) is 14.1. The van der Waals surface area contributed by atoms with Gasteiger partial charge in [-0.3, -0.25) is 10.1 Å². The molecule has 8 heteroatoms. The minimum absolute atomic E-state index is 0.0321. The number of nitro benzene ring substituents is 1. The number of hydrogen-bond donors (Lipinski definition) is 1. The summed E-state index contributed by atoms with van der Waals surface area (Å²) in [5, 5.41) is 10.6. The zero-order chi connectivity index (χ0) is 18.6. The van der Waals surface area contributed by atoms with Crippen molar-refractivity contribution >= 4 is 17.6 Å². The lowest BCUT2D eigenvalue weighted by atomic mass is 10.1. The van der Waals surface area contributed by atoms with Crippen LogP contribution in [-0.4, -0.2) is 28.5 Å². The van der Waals surface area contributed by atoms with Crippen LogP contribution < -0.4 is 0 Å². The van der Waals surface area contributed by atoms with E-state index in [2.05, 4.69) is 4.98 Å². The van der Waals surface area contributed by atoms with E-state index in [0.29, 0.717) is 16.8 Å². The van der Waals surface area contributed by atoms with Crippen LogP contribution in [0.3, 0.4) is 0 Å². The molecule has 25 heavy (non-hydrogen) atoms. The number of ether oxygens (including phenoxy) is 2. The molecular weight excluding hydrogens is 328 g/mol. The zero-order valence-corrected chi connectivity index (χ0v) is 14.1. The summed E-state index contributed by atoms with van der Waals surface area (Å²) in [7, 11) is 0. The Balaban J connectivity index is 2.10. The van der Waals surface area contributed by atoms with Crippen molar-refractivity contribution in [2.24, 2.45) is 0 Å². The van der Waals surface area contributed by atoms with Crippen LogP contribution in [0.5, 0.6) is 0 Å². The van der Waals surface area contributed by atoms with E-state index in [-0.39, 0.29) is 30.2 Å². The Bertz CT molecular complexity index is 807. The summed E-state index contributed by atoms with van der Waals surface area (Å²) in [6.45, 7) is 5.20. The minimum Gasteiger partial charge on any atom is -0.461 e. The second-order valence-corrected chi connectivity index (χ2v) is 5.35. The summed E-state index contributed by atoms with van der Waals surface area (Å²) < 4.78 is 10.2. The highest BCUT2D eigenvalue weighted by Crippen LogP contribution is 2.21. The summed E-state index contributed by atoms with van der Waals surface area (Å²) >= 11 is 0. The Morgan fingerprint density at radius 3 is 2.32 bits per heavy atom. The third-order valence-corrected chi connectivity index (χ3v) is 3.64. The molecule has 1 heterocycles. The van der Waals surface area contributed by atoms with Crippen LogP contribution in [0.1, 0.15) is 44.6 Å². The number of benzene rings is 1. The molecule has 0 aliphatic rings. The number of aromatic amines is 1. The van der Waals surface area contributed by atoms with E-state index in [9.17, 15) is 19.7 Å². The van der Waals surface area contributed by atoms with Gasteiger partial charge in [-0.2, -0.15) is 0 Å². The van der Waals surface area contributed by atoms with Gasteiger partial charge in [0.1, 0.15) is 12.3 Å². The van der Waals surface area contributed by atoms with Crippen molar-refractivity contribution in [3.8, 4) is 0 Å². The molecule has 0 bridgehead atoms. The Morgan fingerprint density at radius 2 is 1.76 bits per heavy atom. The van der Waals surface area contributed by atoms with E-state index < -0.39 is 16.9 Å². The average molecular weight is 346 g/mol. The lowest BCUT2D eigenvalue weighted by molar-refractivity contribution is -0.384. The minimum atomic E-state index is -0.583. The number of aryl methyl sites for hydroxylation is 1. The SMILES string of the molecule is CCOC(=O)c1[nH]c(C)c(C(=O)OCc2ccc([N+](=O)[O-])cc2)c1C. The van der Waals surface area contributed by atoms with Crippen LogP contribution in [0.25, 0.3) is 0 Å². The summed E-state index contributed by atoms with van der Waals surface area (Å²) in [5.41, 5.74) is 2.06. The van der Waals surface area contributed by atoms with E-state index in [1.165, 1.54) is 24.3 Å². The highest BCUT2D eigenvalue weighted by molar-refractivity contribution is 5.98. The van der Waals surface area contributed by atoms with Crippen LogP contribution in [0.2, 0.25) is 0 Å². The molecule has 1 aromatic heterocycles. The molecule has 0 atom stereocenters. The molecule has 0 saturated heterocycles. The predicted octanol–water partition coefficient (Wildman–Crippen LogP) is 3.07. The van der Waals surface area contributed by atoms with Crippen LogP contribution in [0, 0.1) is 24.0 Å². The Labute approximate surface area is 143 Å². The van der Waals surface area contributed by atoms with Gasteiger partial charge in [0.05, 0.1) is 17.1 Å². The van der Waals surface area contributed by atoms with Gasteiger partial charge in [-0.25, -0.2) is 9.59 Å². The fraction of sp³-hybridized carbons (Fsp3) is 0.294. The fourth-order valence-corrected chi connectivity index (χ4v) is 2.40. The van der Waals surface area contributed by atoms with Gasteiger partial charge in [0.25, 0.3) is 5.69 Å². The number of H-pyrrole nitrogens is 1. The summed E-state index contributed by atoms with van der Waals surface area (Å²) in [6, 6.07) is 5.72. The smallest absolute Gasteiger partial charge is 0.355 e. The highest BCUT2D eigenvalue weighted by atomic mass is 16.6. The first kappa shape index (κ1) is 18.2. The number of hydrogen-bond acceptors (Lipinski definition) is 6. The Kier molecular flexibility index (Phi) is 5.53. The van der Waals surface area contributed by atoms with Gasteiger partial charge in [-0.05, 0) is 44.0 Å². The first-order valence-corrected chi connectivity index (χ1v) is 7.61. The second kappa shape index (κ2) is 7.61. The van der Waals surface area contributed by atoms with Gasteiger partial charge in [-0.15, -0.1) is 0 Å². The molecule has 0 aliphatic heterocycles. The molecule has 2 rings (SSSR count). The third kappa shape index (κ3) is 4.03. The molecule has 0 spiro atoms. The van der Waals surface area contributed by atoms with Crippen molar-refractivity contribution < 1.29 is 24.0 Å². The molecular formula is C17H18N2O6. The number of rotatable bonds is 6. The van der Waals surface area contributed by atoms with E-state index in [1.54, 1.807) is 20.8 Å². The Hall–Kier alpha value is -3.16. The lowest BCUT2D eigenvalue weighted by Crippen LogP contribution is -2.09. The van der Waals surface area contributed by atoms with Crippen molar-refractivity contribution in [2.75, 3.05) is 6.61 Å². The number of carbonyl (C=O) groups excluding carboxylic acids is 2. The molecule has 8 nitrogen and oxygen atoms in total. The number of nitro groups is 1. The van der Waals surface area contributed by atoms with E-state index in [1.807, 2.05) is 0 Å². The number of carbonyl (C=O) groups is 2. The number of nitrogens with zero attached hydrogens (tertiary/aromatic N) is 1. The quantitative estimate of drug-likeness (QED) is 0.489. The van der Waals surface area contributed by atoms with Gasteiger partial charge in [-0.1, -0.05) is 0 Å². The number of non-ortho nitro benzene ring substituents is 1. The maximum Gasteiger partial charge on any atom is 0.355 e. The predicted molar refractivity (Wildman–Crippen MR) is 88.4 cm³/mol. The maximum atomic E-state index is 12.3. The molecule has 1 aromatic carbocycles.